The lowest BCUT2D eigenvalue weighted by Crippen LogP contribution is -2.52. The molecule has 1 N–H and O–H groups in total. The number of nitrogens with one attached hydrogen (secondary N) is 1. The maximum Gasteiger partial charge on any atom is 0.271 e. The van der Waals surface area contributed by atoms with E-state index < -0.39 is 39.3 Å². The first-order chi connectivity index (χ1) is 16.2. The van der Waals surface area contributed by atoms with Crippen LogP contribution >= 0.6 is 23.2 Å². The van der Waals surface area contributed by atoms with Crippen molar-refractivity contribution in [3.8, 4) is 0 Å². The number of benzene rings is 2. The van der Waals surface area contributed by atoms with E-state index in [4.69, 9.17) is 23.2 Å². The molecular formula is C22H26Cl2N4O6S. The minimum absolute atomic E-state index is 0.0648. The molecule has 0 unspecified atom stereocenters. The molecule has 0 saturated carbocycles. The molecule has 35 heavy (non-hydrogen) atoms. The van der Waals surface area contributed by atoms with Crippen molar-refractivity contribution in [2.75, 3.05) is 17.1 Å². The Labute approximate surface area is 214 Å². The number of sulfonamides is 1. The fraction of sp³-hybridized carbons (Fsp3) is 0.364. The van der Waals surface area contributed by atoms with Crippen LogP contribution in [0.3, 0.4) is 0 Å². The van der Waals surface area contributed by atoms with Gasteiger partial charge in [0.15, 0.2) is 0 Å². The summed E-state index contributed by atoms with van der Waals surface area (Å²) in [7, 11) is -4.03. The van der Waals surface area contributed by atoms with Gasteiger partial charge < -0.3 is 10.2 Å². The van der Waals surface area contributed by atoms with Crippen LogP contribution in [0.15, 0.2) is 42.5 Å². The van der Waals surface area contributed by atoms with Gasteiger partial charge in [0.05, 0.1) is 16.9 Å². The third-order valence-corrected chi connectivity index (χ3v) is 6.84. The Kier molecular flexibility index (Phi) is 9.47. The third-order valence-electron chi connectivity index (χ3n) is 5.00. The number of halogens is 2. The summed E-state index contributed by atoms with van der Waals surface area (Å²) >= 11 is 12.6. The van der Waals surface area contributed by atoms with Gasteiger partial charge in [-0.05, 0) is 39.0 Å². The van der Waals surface area contributed by atoms with Gasteiger partial charge in [0.2, 0.25) is 21.8 Å². The quantitative estimate of drug-likeness (QED) is 0.359. The number of amides is 2. The van der Waals surface area contributed by atoms with Crippen molar-refractivity contribution < 1.29 is 22.9 Å². The molecule has 0 radical (unpaired) electrons. The summed E-state index contributed by atoms with van der Waals surface area (Å²) in [5.41, 5.74) is -0.0207. The highest BCUT2D eigenvalue weighted by molar-refractivity contribution is 7.92. The van der Waals surface area contributed by atoms with Crippen LogP contribution in [0.4, 0.5) is 11.4 Å². The molecule has 0 aliphatic heterocycles. The molecule has 2 aromatic carbocycles. The summed E-state index contributed by atoms with van der Waals surface area (Å²) in [6.07, 6.45) is 0.878. The zero-order chi connectivity index (χ0) is 26.5. The number of hydrogen-bond donors (Lipinski definition) is 1. The van der Waals surface area contributed by atoms with E-state index in [1.807, 2.05) is 0 Å². The number of anilines is 1. The molecule has 2 rings (SSSR count). The minimum atomic E-state index is -4.03. The number of nitro benzene ring substituents is 1. The number of nitro groups is 1. The molecule has 1 atom stereocenters. The minimum Gasteiger partial charge on any atom is -0.352 e. The fourth-order valence-corrected chi connectivity index (χ4v) is 4.58. The topological polar surface area (TPSA) is 130 Å². The molecule has 10 nitrogen and oxygen atoms in total. The maximum atomic E-state index is 13.5. The second-order valence-corrected chi connectivity index (χ2v) is 10.8. The van der Waals surface area contributed by atoms with E-state index in [1.165, 1.54) is 30.0 Å². The maximum absolute atomic E-state index is 13.5. The second-order valence-electron chi connectivity index (χ2n) is 8.11. The van der Waals surface area contributed by atoms with Gasteiger partial charge in [0, 0.05) is 40.3 Å². The second kappa shape index (κ2) is 11.7. The van der Waals surface area contributed by atoms with Crippen LogP contribution < -0.4 is 9.62 Å². The Balaban J connectivity index is 2.49. The molecule has 0 aromatic heterocycles. The molecule has 0 bridgehead atoms. The molecule has 2 aromatic rings. The van der Waals surface area contributed by atoms with Crippen LogP contribution in [0, 0.1) is 10.1 Å². The predicted octanol–water partition coefficient (Wildman–Crippen LogP) is 3.61. The van der Waals surface area contributed by atoms with Crippen LogP contribution in [0.2, 0.25) is 10.0 Å². The highest BCUT2D eigenvalue weighted by Crippen LogP contribution is 2.28. The first kappa shape index (κ1) is 28.3. The summed E-state index contributed by atoms with van der Waals surface area (Å²) in [5.74, 6) is -1.19. The summed E-state index contributed by atoms with van der Waals surface area (Å²) in [6.45, 7) is 4.14. The van der Waals surface area contributed by atoms with E-state index in [1.54, 1.807) is 32.0 Å². The highest BCUT2D eigenvalue weighted by atomic mass is 35.5. The molecule has 190 valence electrons. The average Bonchev–Trinajstić information content (AvgIpc) is 2.75. The molecule has 13 heteroatoms. The van der Waals surface area contributed by atoms with Gasteiger partial charge in [-0.25, -0.2) is 8.42 Å². The van der Waals surface area contributed by atoms with Gasteiger partial charge in [-0.15, -0.1) is 0 Å². The van der Waals surface area contributed by atoms with E-state index in [-0.39, 0.29) is 34.0 Å². The van der Waals surface area contributed by atoms with Gasteiger partial charge >= 0.3 is 0 Å². The summed E-state index contributed by atoms with van der Waals surface area (Å²) in [5, 5.41) is 14.4. The van der Waals surface area contributed by atoms with Gasteiger partial charge in [-0.2, -0.15) is 0 Å². The lowest BCUT2D eigenvalue weighted by atomic mass is 10.1. The normalized spacial score (nSPS) is 12.2. The first-order valence-electron chi connectivity index (χ1n) is 10.5. The number of hydrogen-bond acceptors (Lipinski definition) is 6. The van der Waals surface area contributed by atoms with Gasteiger partial charge in [-0.1, -0.05) is 35.3 Å². The highest BCUT2D eigenvalue weighted by Gasteiger charge is 2.31. The van der Waals surface area contributed by atoms with Crippen molar-refractivity contribution in [3.63, 3.8) is 0 Å². The van der Waals surface area contributed by atoms with Crippen LogP contribution in [-0.2, 0) is 26.2 Å². The molecule has 2 amide bonds. The van der Waals surface area contributed by atoms with E-state index in [2.05, 4.69) is 5.32 Å². The van der Waals surface area contributed by atoms with Gasteiger partial charge in [-0.3, -0.25) is 24.0 Å². The summed E-state index contributed by atoms with van der Waals surface area (Å²) in [4.78, 5) is 37.9. The Morgan fingerprint density at radius 3 is 2.17 bits per heavy atom. The van der Waals surface area contributed by atoms with E-state index in [0.717, 1.165) is 16.6 Å². The smallest absolute Gasteiger partial charge is 0.271 e. The lowest BCUT2D eigenvalue weighted by molar-refractivity contribution is -0.384. The van der Waals surface area contributed by atoms with Crippen LogP contribution in [0.5, 0.6) is 0 Å². The number of nitrogens with zero attached hydrogens (tertiary/aromatic N) is 3. The van der Waals surface area contributed by atoms with Crippen molar-refractivity contribution in [3.05, 3.63) is 68.2 Å². The van der Waals surface area contributed by atoms with E-state index >= 15 is 0 Å². The standard InChI is InChI=1S/C22H26Cl2N4O6S/c1-14(2)25-22(30)15(3)26(12-18-19(23)9-6-10-20(18)24)21(29)13-27(35(4,33)34)16-7-5-8-17(11-16)28(31)32/h5-11,14-15H,12-13H2,1-4H3,(H,25,30)/t15-/m1/s1. The number of non-ortho nitro benzene ring substituents is 1. The molecule has 0 aliphatic carbocycles. The molecule has 0 heterocycles. The van der Waals surface area contributed by atoms with Crippen LogP contribution in [-0.4, -0.2) is 54.9 Å². The Bertz CT molecular complexity index is 1200. The Hall–Kier alpha value is -2.89. The van der Waals surface area contributed by atoms with Crippen LogP contribution in [0.1, 0.15) is 26.3 Å². The average molecular weight is 545 g/mol. The predicted molar refractivity (Wildman–Crippen MR) is 135 cm³/mol. The van der Waals surface area contributed by atoms with Crippen molar-refractivity contribution in [1.82, 2.24) is 10.2 Å². The molecule has 0 aliphatic rings. The van der Waals surface area contributed by atoms with Crippen LogP contribution in [0.25, 0.3) is 0 Å². The SMILES string of the molecule is CC(C)NC(=O)[C@@H](C)N(Cc1c(Cl)cccc1Cl)C(=O)CN(c1cccc([N+](=O)[O-])c1)S(C)(=O)=O. The molecule has 0 saturated heterocycles. The van der Waals surface area contributed by atoms with Crippen molar-refractivity contribution in [2.24, 2.45) is 0 Å². The lowest BCUT2D eigenvalue weighted by Gasteiger charge is -2.32. The van der Waals surface area contributed by atoms with Gasteiger partial charge in [0.1, 0.15) is 12.6 Å². The number of rotatable bonds is 10. The Morgan fingerprint density at radius 2 is 1.66 bits per heavy atom. The van der Waals surface area contributed by atoms with E-state index in [9.17, 15) is 28.1 Å². The van der Waals surface area contributed by atoms with E-state index in [0.29, 0.717) is 5.56 Å². The summed E-state index contributed by atoms with van der Waals surface area (Å²) in [6, 6.07) is 8.48. The molecule has 0 fully saturated rings. The zero-order valence-corrected chi connectivity index (χ0v) is 21.9. The van der Waals surface area contributed by atoms with Crippen molar-refractivity contribution >= 4 is 56.4 Å². The van der Waals surface area contributed by atoms with Crippen molar-refractivity contribution in [2.45, 2.75) is 39.4 Å². The molecule has 0 spiro atoms. The fourth-order valence-electron chi connectivity index (χ4n) is 3.22. The summed E-state index contributed by atoms with van der Waals surface area (Å²) < 4.78 is 25.8. The first-order valence-corrected chi connectivity index (χ1v) is 13.1. The largest absolute Gasteiger partial charge is 0.352 e. The Morgan fingerprint density at radius 1 is 1.09 bits per heavy atom. The monoisotopic (exact) mass is 544 g/mol. The molecular weight excluding hydrogens is 519 g/mol. The number of carbonyl (C=O) groups is 2. The number of carbonyl (C=O) groups excluding carboxylic acids is 2. The zero-order valence-electron chi connectivity index (χ0n) is 19.6. The third kappa shape index (κ3) is 7.55. The van der Waals surface area contributed by atoms with Gasteiger partial charge in [0.25, 0.3) is 5.69 Å². The van der Waals surface area contributed by atoms with Crippen molar-refractivity contribution in [1.29, 1.82) is 0 Å².